The Morgan fingerprint density at radius 2 is 1.96 bits per heavy atom. The molecule has 3 N–H and O–H groups in total. The van der Waals surface area contributed by atoms with Crippen molar-refractivity contribution in [2.45, 2.75) is 64.0 Å². The van der Waals surface area contributed by atoms with Gasteiger partial charge in [0.05, 0.1) is 12.5 Å². The van der Waals surface area contributed by atoms with Crippen LogP contribution < -0.4 is 16.0 Å². The van der Waals surface area contributed by atoms with Gasteiger partial charge in [-0.25, -0.2) is 0 Å². The number of benzene rings is 1. The highest BCUT2D eigenvalue weighted by molar-refractivity contribution is 5.99. The van der Waals surface area contributed by atoms with Crippen LogP contribution >= 0.6 is 0 Å². The molecular weight excluding hydrogens is 326 g/mol. The zero-order valence-electron chi connectivity index (χ0n) is 15.4. The first-order valence-corrected chi connectivity index (χ1v) is 10.1. The topological polar surface area (TPSA) is 70.2 Å². The molecule has 2 atom stereocenters. The van der Waals surface area contributed by atoms with Crippen molar-refractivity contribution in [2.24, 2.45) is 11.8 Å². The molecule has 0 aromatic heterocycles. The molecule has 1 aromatic carbocycles. The average molecular weight is 355 g/mol. The van der Waals surface area contributed by atoms with Gasteiger partial charge in [0.1, 0.15) is 0 Å². The number of anilines is 1. The third kappa shape index (κ3) is 3.93. The Bertz CT molecular complexity index is 682. The highest BCUT2D eigenvalue weighted by atomic mass is 16.2. The van der Waals surface area contributed by atoms with Crippen molar-refractivity contribution in [3.05, 3.63) is 29.3 Å². The van der Waals surface area contributed by atoms with Crippen LogP contribution in [0.3, 0.4) is 0 Å². The number of fused-ring (bicyclic) bond motifs is 1. The first-order chi connectivity index (χ1) is 12.7. The number of carbonyl (C=O) groups excluding carboxylic acids is 2. The molecule has 0 spiro atoms. The molecule has 2 fully saturated rings. The van der Waals surface area contributed by atoms with Gasteiger partial charge in [0.25, 0.3) is 0 Å². The van der Waals surface area contributed by atoms with Gasteiger partial charge in [-0.2, -0.15) is 0 Å². The van der Waals surface area contributed by atoms with E-state index >= 15 is 0 Å². The summed E-state index contributed by atoms with van der Waals surface area (Å²) < 4.78 is 0. The van der Waals surface area contributed by atoms with Crippen molar-refractivity contribution in [2.75, 3.05) is 11.9 Å². The number of amides is 2. The maximum atomic E-state index is 12.6. The fourth-order valence-corrected chi connectivity index (χ4v) is 4.89. The Kier molecular flexibility index (Phi) is 5.25. The second-order valence-corrected chi connectivity index (χ2v) is 8.12. The second kappa shape index (κ2) is 7.78. The Morgan fingerprint density at radius 1 is 1.12 bits per heavy atom. The smallest absolute Gasteiger partial charge is 0.237 e. The van der Waals surface area contributed by atoms with Crippen LogP contribution in [0.5, 0.6) is 0 Å². The van der Waals surface area contributed by atoms with E-state index in [1.54, 1.807) is 0 Å². The lowest BCUT2D eigenvalue weighted by atomic mass is 9.74. The minimum absolute atomic E-state index is 0.0429. The fourth-order valence-electron chi connectivity index (χ4n) is 4.89. The second-order valence-electron chi connectivity index (χ2n) is 8.12. The van der Waals surface area contributed by atoms with E-state index in [9.17, 15) is 9.59 Å². The minimum atomic E-state index is -0.0617. The first kappa shape index (κ1) is 17.5. The van der Waals surface area contributed by atoms with E-state index in [0.717, 1.165) is 35.7 Å². The molecule has 1 saturated carbocycles. The molecule has 2 heterocycles. The summed E-state index contributed by atoms with van der Waals surface area (Å²) in [5, 5.41) is 9.33. The van der Waals surface area contributed by atoms with E-state index in [4.69, 9.17) is 0 Å². The molecule has 5 heteroatoms. The van der Waals surface area contributed by atoms with Gasteiger partial charge in [0.2, 0.25) is 11.8 Å². The van der Waals surface area contributed by atoms with Gasteiger partial charge in [0, 0.05) is 12.2 Å². The molecule has 5 nitrogen and oxygen atoms in total. The molecule has 1 aromatic rings. The number of rotatable bonds is 4. The van der Waals surface area contributed by atoms with Crippen molar-refractivity contribution in [3.8, 4) is 0 Å². The minimum Gasteiger partial charge on any atom is -0.351 e. The highest BCUT2D eigenvalue weighted by Gasteiger charge is 2.32. The summed E-state index contributed by atoms with van der Waals surface area (Å²) >= 11 is 0. The van der Waals surface area contributed by atoms with E-state index in [1.165, 1.54) is 38.5 Å². The lowest BCUT2D eigenvalue weighted by molar-refractivity contribution is -0.124. The van der Waals surface area contributed by atoms with Gasteiger partial charge in [-0.1, -0.05) is 44.2 Å². The summed E-state index contributed by atoms with van der Waals surface area (Å²) in [4.78, 5) is 24.1. The van der Waals surface area contributed by atoms with Crippen molar-refractivity contribution in [1.82, 2.24) is 10.6 Å². The summed E-state index contributed by atoms with van der Waals surface area (Å²) in [6.45, 7) is 1.47. The predicted molar refractivity (Wildman–Crippen MR) is 102 cm³/mol. The zero-order chi connectivity index (χ0) is 17.9. The number of nitrogens with one attached hydrogen (secondary N) is 3. The third-order valence-corrected chi connectivity index (χ3v) is 6.34. The predicted octanol–water partition coefficient (Wildman–Crippen LogP) is 2.75. The molecule has 4 rings (SSSR count). The van der Waals surface area contributed by atoms with Crippen LogP contribution in [0.2, 0.25) is 0 Å². The zero-order valence-corrected chi connectivity index (χ0v) is 15.4. The van der Waals surface area contributed by atoms with E-state index in [2.05, 4.69) is 16.0 Å². The van der Waals surface area contributed by atoms with E-state index in [0.29, 0.717) is 18.9 Å². The van der Waals surface area contributed by atoms with Crippen molar-refractivity contribution < 1.29 is 9.59 Å². The summed E-state index contributed by atoms with van der Waals surface area (Å²) in [5.41, 5.74) is 2.97. The van der Waals surface area contributed by atoms with Crippen LogP contribution in [0, 0.1) is 11.8 Å². The van der Waals surface area contributed by atoms with Gasteiger partial charge in [-0.15, -0.1) is 0 Å². The van der Waals surface area contributed by atoms with Crippen LogP contribution in [-0.4, -0.2) is 24.4 Å². The number of carbonyl (C=O) groups is 2. The van der Waals surface area contributed by atoms with Crippen LogP contribution in [0.4, 0.5) is 5.69 Å². The van der Waals surface area contributed by atoms with Gasteiger partial charge < -0.3 is 16.0 Å². The quantitative estimate of drug-likeness (QED) is 0.778. The Balaban J connectivity index is 1.30. The summed E-state index contributed by atoms with van der Waals surface area (Å²) in [7, 11) is 0. The van der Waals surface area contributed by atoms with E-state index in [1.807, 2.05) is 18.2 Å². The maximum absolute atomic E-state index is 12.6. The summed E-state index contributed by atoms with van der Waals surface area (Å²) in [5.74, 6) is 1.67. The molecule has 1 saturated heterocycles. The van der Waals surface area contributed by atoms with Gasteiger partial charge in [-0.3, -0.25) is 9.59 Å². The third-order valence-electron chi connectivity index (χ3n) is 6.34. The summed E-state index contributed by atoms with van der Waals surface area (Å²) in [6, 6.07) is 5.87. The highest BCUT2D eigenvalue weighted by Crippen LogP contribution is 2.35. The lowest BCUT2D eigenvalue weighted by Gasteiger charge is -2.36. The largest absolute Gasteiger partial charge is 0.351 e. The van der Waals surface area contributed by atoms with Crippen LogP contribution in [0.1, 0.15) is 56.1 Å². The van der Waals surface area contributed by atoms with Crippen molar-refractivity contribution in [3.63, 3.8) is 0 Å². The Labute approximate surface area is 155 Å². The molecule has 3 aliphatic rings. The molecule has 0 radical (unpaired) electrons. The Morgan fingerprint density at radius 3 is 2.81 bits per heavy atom. The molecular formula is C21H29N3O2. The van der Waals surface area contributed by atoms with Crippen LogP contribution in [0.25, 0.3) is 0 Å². The maximum Gasteiger partial charge on any atom is 0.237 e. The van der Waals surface area contributed by atoms with Gasteiger partial charge in [-0.05, 0) is 48.4 Å². The van der Waals surface area contributed by atoms with Crippen molar-refractivity contribution in [1.29, 1.82) is 0 Å². The lowest BCUT2D eigenvalue weighted by Crippen LogP contribution is -2.49. The van der Waals surface area contributed by atoms with Gasteiger partial charge in [0.15, 0.2) is 0 Å². The van der Waals surface area contributed by atoms with E-state index < -0.39 is 0 Å². The molecule has 1 aliphatic carbocycles. The number of piperidine rings is 1. The van der Waals surface area contributed by atoms with Crippen molar-refractivity contribution >= 4 is 17.5 Å². The standard InChI is InChI=1S/C21H29N3O2/c25-20-12-17-10-14(6-7-18(17)24-20)13-23-21(26)19-11-16(8-9-22-19)15-4-2-1-3-5-15/h6-7,10,15-16,19,22H,1-5,8-9,11-13H2,(H,23,26)(H,24,25). The van der Waals surface area contributed by atoms with E-state index in [-0.39, 0.29) is 17.9 Å². The van der Waals surface area contributed by atoms with Crippen LogP contribution in [0.15, 0.2) is 18.2 Å². The number of hydrogen-bond donors (Lipinski definition) is 3. The molecule has 0 bridgehead atoms. The Hall–Kier alpha value is -1.88. The van der Waals surface area contributed by atoms with Crippen LogP contribution in [-0.2, 0) is 22.6 Å². The molecule has 2 aliphatic heterocycles. The normalized spacial score (nSPS) is 26.2. The molecule has 26 heavy (non-hydrogen) atoms. The average Bonchev–Trinajstić information content (AvgIpc) is 3.06. The molecule has 2 unspecified atom stereocenters. The monoisotopic (exact) mass is 355 g/mol. The summed E-state index contributed by atoms with van der Waals surface area (Å²) in [6.07, 6.45) is 9.42. The number of hydrogen-bond acceptors (Lipinski definition) is 3. The first-order valence-electron chi connectivity index (χ1n) is 10.1. The fraction of sp³-hybridized carbons (Fsp3) is 0.619. The SMILES string of the molecule is O=C1Cc2cc(CNC(=O)C3CC(C4CCCCC4)CCN3)ccc2N1. The molecule has 2 amide bonds. The molecule has 140 valence electrons. The van der Waals surface area contributed by atoms with Gasteiger partial charge >= 0.3 is 0 Å².